The Morgan fingerprint density at radius 2 is 2.28 bits per heavy atom. The van der Waals surface area contributed by atoms with Gasteiger partial charge in [0.15, 0.2) is 0 Å². The largest absolute Gasteiger partial charge is 0.361 e. The van der Waals surface area contributed by atoms with Crippen molar-refractivity contribution in [2.45, 2.75) is 25.3 Å². The van der Waals surface area contributed by atoms with E-state index in [1.807, 2.05) is 7.05 Å². The number of carbonyl (C=O) groups excluding carboxylic acids is 1. The maximum Gasteiger partial charge on any atom is 0.227 e. The van der Waals surface area contributed by atoms with E-state index in [1.165, 1.54) is 12.1 Å². The molecule has 1 aromatic heterocycles. The molecular formula is C14H15FN2O. The van der Waals surface area contributed by atoms with Crippen LogP contribution in [0.4, 0.5) is 4.39 Å². The Labute approximate surface area is 105 Å². The molecule has 0 unspecified atom stereocenters. The van der Waals surface area contributed by atoms with Gasteiger partial charge in [0.1, 0.15) is 5.82 Å². The van der Waals surface area contributed by atoms with Gasteiger partial charge in [-0.2, -0.15) is 0 Å². The summed E-state index contributed by atoms with van der Waals surface area (Å²) < 4.78 is 13.2. The molecule has 0 spiro atoms. The van der Waals surface area contributed by atoms with Crippen molar-refractivity contribution >= 4 is 16.8 Å². The Bertz CT molecular complexity index is 601. The predicted molar refractivity (Wildman–Crippen MR) is 67.8 cm³/mol. The number of nitrogens with zero attached hydrogens (tertiary/aromatic N) is 1. The number of aromatic nitrogens is 1. The minimum Gasteiger partial charge on any atom is -0.361 e. The molecule has 1 aliphatic rings. The molecule has 2 aromatic rings. The molecule has 0 atom stereocenters. The molecule has 18 heavy (non-hydrogen) atoms. The Hall–Kier alpha value is -1.84. The minimum atomic E-state index is -0.272. The molecule has 1 fully saturated rings. The fraction of sp³-hybridized carbons (Fsp3) is 0.357. The van der Waals surface area contributed by atoms with Crippen molar-refractivity contribution in [1.82, 2.24) is 9.88 Å². The van der Waals surface area contributed by atoms with Gasteiger partial charge >= 0.3 is 0 Å². The zero-order valence-corrected chi connectivity index (χ0v) is 10.2. The quantitative estimate of drug-likeness (QED) is 0.887. The van der Waals surface area contributed by atoms with Crippen LogP contribution in [0.15, 0.2) is 24.4 Å². The van der Waals surface area contributed by atoms with Crippen LogP contribution in [0.1, 0.15) is 18.4 Å². The third-order valence-corrected chi connectivity index (χ3v) is 3.56. The molecule has 1 heterocycles. The van der Waals surface area contributed by atoms with E-state index in [-0.39, 0.29) is 11.7 Å². The molecule has 1 aromatic carbocycles. The van der Waals surface area contributed by atoms with E-state index in [0.717, 1.165) is 29.3 Å². The van der Waals surface area contributed by atoms with Crippen molar-refractivity contribution in [2.24, 2.45) is 0 Å². The number of fused-ring (bicyclic) bond motifs is 1. The Morgan fingerprint density at radius 3 is 3.00 bits per heavy atom. The van der Waals surface area contributed by atoms with E-state index in [2.05, 4.69) is 4.98 Å². The first-order chi connectivity index (χ1) is 8.65. The van der Waals surface area contributed by atoms with Crippen molar-refractivity contribution in [1.29, 1.82) is 0 Å². The Balaban J connectivity index is 1.85. The molecule has 4 heteroatoms. The summed E-state index contributed by atoms with van der Waals surface area (Å²) in [5.74, 6) is -0.172. The van der Waals surface area contributed by atoms with Crippen molar-refractivity contribution in [3.05, 3.63) is 35.8 Å². The standard InChI is InChI=1S/C14H15FN2O/c1-17(11-3-4-11)14(18)6-9-8-16-13-5-2-10(15)7-12(9)13/h2,5,7-8,11,16H,3-4,6H2,1H3. The van der Waals surface area contributed by atoms with Gasteiger partial charge in [-0.15, -0.1) is 0 Å². The lowest BCUT2D eigenvalue weighted by atomic mass is 10.1. The molecule has 0 saturated heterocycles. The number of carbonyl (C=O) groups is 1. The molecule has 0 aliphatic heterocycles. The zero-order valence-electron chi connectivity index (χ0n) is 10.2. The molecular weight excluding hydrogens is 231 g/mol. The van der Waals surface area contributed by atoms with Gasteiger partial charge in [0, 0.05) is 30.2 Å². The average Bonchev–Trinajstić information content (AvgIpc) is 3.13. The first-order valence-electron chi connectivity index (χ1n) is 6.16. The summed E-state index contributed by atoms with van der Waals surface area (Å²) in [6.07, 6.45) is 4.33. The zero-order chi connectivity index (χ0) is 12.7. The number of benzene rings is 1. The Morgan fingerprint density at radius 1 is 1.50 bits per heavy atom. The summed E-state index contributed by atoms with van der Waals surface area (Å²) >= 11 is 0. The normalized spacial score (nSPS) is 15.0. The third-order valence-electron chi connectivity index (χ3n) is 3.56. The monoisotopic (exact) mass is 246 g/mol. The van der Waals surface area contributed by atoms with Gasteiger partial charge in [-0.1, -0.05) is 0 Å². The number of likely N-dealkylation sites (N-methyl/N-ethyl adjacent to an activating group) is 1. The van der Waals surface area contributed by atoms with Gasteiger partial charge in [0.25, 0.3) is 0 Å². The lowest BCUT2D eigenvalue weighted by Crippen LogP contribution is -2.30. The number of rotatable bonds is 3. The molecule has 1 aliphatic carbocycles. The average molecular weight is 246 g/mol. The highest BCUT2D eigenvalue weighted by molar-refractivity contribution is 5.89. The van der Waals surface area contributed by atoms with E-state index in [0.29, 0.717) is 12.5 Å². The number of hydrogen-bond acceptors (Lipinski definition) is 1. The summed E-state index contributed by atoms with van der Waals surface area (Å²) in [5, 5.41) is 0.799. The van der Waals surface area contributed by atoms with Crippen LogP contribution in [0, 0.1) is 5.82 Å². The van der Waals surface area contributed by atoms with Gasteiger partial charge in [0.05, 0.1) is 6.42 Å². The van der Waals surface area contributed by atoms with Crippen LogP contribution in [0.5, 0.6) is 0 Å². The van der Waals surface area contributed by atoms with Gasteiger partial charge in [-0.25, -0.2) is 4.39 Å². The number of halogens is 1. The first-order valence-corrected chi connectivity index (χ1v) is 6.16. The lowest BCUT2D eigenvalue weighted by Gasteiger charge is -2.15. The number of H-pyrrole nitrogens is 1. The lowest BCUT2D eigenvalue weighted by molar-refractivity contribution is -0.129. The van der Waals surface area contributed by atoms with Crippen molar-refractivity contribution in [2.75, 3.05) is 7.05 Å². The highest BCUT2D eigenvalue weighted by Crippen LogP contribution is 2.27. The Kier molecular flexibility index (Phi) is 2.58. The van der Waals surface area contributed by atoms with E-state index in [4.69, 9.17) is 0 Å². The van der Waals surface area contributed by atoms with Crippen molar-refractivity contribution in [3.63, 3.8) is 0 Å². The summed E-state index contributed by atoms with van der Waals surface area (Å²) in [5.41, 5.74) is 1.73. The maximum atomic E-state index is 13.2. The molecule has 3 rings (SSSR count). The van der Waals surface area contributed by atoms with Crippen molar-refractivity contribution in [3.8, 4) is 0 Å². The third kappa shape index (κ3) is 1.98. The minimum absolute atomic E-state index is 0.0997. The number of aromatic amines is 1. The van der Waals surface area contributed by atoms with Crippen LogP contribution in [-0.4, -0.2) is 28.9 Å². The molecule has 1 saturated carbocycles. The van der Waals surface area contributed by atoms with Gasteiger partial charge in [0.2, 0.25) is 5.91 Å². The fourth-order valence-corrected chi connectivity index (χ4v) is 2.25. The van der Waals surface area contributed by atoms with Crippen LogP contribution >= 0.6 is 0 Å². The van der Waals surface area contributed by atoms with Gasteiger partial charge < -0.3 is 9.88 Å². The molecule has 1 amide bonds. The van der Waals surface area contributed by atoms with Crippen LogP contribution < -0.4 is 0 Å². The summed E-state index contributed by atoms with van der Waals surface area (Å²) in [6.45, 7) is 0. The number of nitrogens with one attached hydrogen (secondary N) is 1. The second-order valence-electron chi connectivity index (χ2n) is 4.92. The van der Waals surface area contributed by atoms with Crippen LogP contribution in [0.2, 0.25) is 0 Å². The highest BCUT2D eigenvalue weighted by atomic mass is 19.1. The van der Waals surface area contributed by atoms with E-state index in [1.54, 1.807) is 17.2 Å². The fourth-order valence-electron chi connectivity index (χ4n) is 2.25. The van der Waals surface area contributed by atoms with Crippen LogP contribution in [0.3, 0.4) is 0 Å². The molecule has 0 bridgehead atoms. The molecule has 0 radical (unpaired) electrons. The molecule has 1 N–H and O–H groups in total. The van der Waals surface area contributed by atoms with Crippen LogP contribution in [0.25, 0.3) is 10.9 Å². The van der Waals surface area contributed by atoms with Gasteiger partial charge in [-0.3, -0.25) is 4.79 Å². The summed E-state index contributed by atoms with van der Waals surface area (Å²) in [7, 11) is 1.84. The summed E-state index contributed by atoms with van der Waals surface area (Å²) in [4.78, 5) is 16.9. The van der Waals surface area contributed by atoms with E-state index < -0.39 is 0 Å². The number of hydrogen-bond donors (Lipinski definition) is 1. The topological polar surface area (TPSA) is 36.1 Å². The molecule has 3 nitrogen and oxygen atoms in total. The first kappa shape index (κ1) is 11.3. The smallest absolute Gasteiger partial charge is 0.227 e. The maximum absolute atomic E-state index is 13.2. The predicted octanol–water partition coefficient (Wildman–Crippen LogP) is 2.47. The number of amides is 1. The van der Waals surface area contributed by atoms with E-state index in [9.17, 15) is 9.18 Å². The second kappa shape index (κ2) is 4.12. The molecule has 94 valence electrons. The SMILES string of the molecule is CN(C(=O)Cc1c[nH]c2ccc(F)cc12)C1CC1. The highest BCUT2D eigenvalue weighted by Gasteiger charge is 2.29. The second-order valence-corrected chi connectivity index (χ2v) is 4.92. The van der Waals surface area contributed by atoms with Crippen LogP contribution in [-0.2, 0) is 11.2 Å². The van der Waals surface area contributed by atoms with Crippen molar-refractivity contribution < 1.29 is 9.18 Å². The van der Waals surface area contributed by atoms with Gasteiger partial charge in [-0.05, 0) is 36.6 Å². The summed E-state index contributed by atoms with van der Waals surface area (Å²) in [6, 6.07) is 5.01. The van der Waals surface area contributed by atoms with E-state index >= 15 is 0 Å².